The van der Waals surface area contributed by atoms with Crippen molar-refractivity contribution in [2.24, 2.45) is 0 Å². The van der Waals surface area contributed by atoms with Gasteiger partial charge < -0.3 is 27.4 Å². The maximum atomic E-state index is 12.9. The van der Waals surface area contributed by atoms with Gasteiger partial charge in [0.2, 0.25) is 11.2 Å². The van der Waals surface area contributed by atoms with Crippen LogP contribution in [0.2, 0.25) is 0 Å². The Morgan fingerprint density at radius 1 is 0.875 bits per heavy atom. The largest absolute Gasteiger partial charge is 0.507 e. The first-order valence-electron chi connectivity index (χ1n) is 8.23. The molecule has 15 heteroatoms. The zero-order valence-electron chi connectivity index (χ0n) is 16.1. The third-order valence-electron chi connectivity index (χ3n) is 3.95. The van der Waals surface area contributed by atoms with Gasteiger partial charge in [0, 0.05) is 17.7 Å². The molecule has 0 spiro atoms. The van der Waals surface area contributed by atoms with Crippen molar-refractivity contribution >= 4 is 31.8 Å². The zero-order valence-corrected chi connectivity index (χ0v) is 17.8. The quantitative estimate of drug-likeness (QED) is 0.404. The number of aromatic hydroxyl groups is 1. The van der Waals surface area contributed by atoms with Crippen LogP contribution in [0.4, 0.5) is 0 Å². The number of ether oxygens (including phenoxy) is 2. The summed E-state index contributed by atoms with van der Waals surface area (Å²) >= 11 is 0. The van der Waals surface area contributed by atoms with Gasteiger partial charge in [0.1, 0.15) is 22.5 Å². The normalized spacial score (nSPS) is 11.9. The summed E-state index contributed by atoms with van der Waals surface area (Å²) in [6.07, 6.45) is 0. The molecule has 3 aromatic rings. The number of phenolic OH excluding ortho intramolecular Hbond substituents is 1. The molecule has 0 aliphatic rings. The van der Waals surface area contributed by atoms with Crippen molar-refractivity contribution in [3.05, 3.63) is 40.6 Å². The van der Waals surface area contributed by atoms with Gasteiger partial charge in [-0.3, -0.25) is 13.9 Å². The predicted octanol–water partition coefficient (Wildman–Crippen LogP) is 1.55. The molecule has 1 heterocycles. The molecule has 3 rings (SSSR count). The van der Waals surface area contributed by atoms with Crippen molar-refractivity contribution in [2.45, 2.75) is 0 Å². The topological polar surface area (TPSA) is 196 Å². The molecular weight excluding hydrogens is 476 g/mol. The fourth-order valence-electron chi connectivity index (χ4n) is 2.74. The average molecular weight is 490 g/mol. The van der Waals surface area contributed by atoms with Crippen molar-refractivity contribution in [2.75, 3.05) is 14.2 Å². The first-order chi connectivity index (χ1) is 14.8. The number of rotatable bonds is 7. The van der Waals surface area contributed by atoms with E-state index in [1.54, 1.807) is 0 Å². The molecule has 0 atom stereocenters. The van der Waals surface area contributed by atoms with E-state index >= 15 is 0 Å². The molecular formula is C17H14O13S2. The molecule has 0 saturated carbocycles. The van der Waals surface area contributed by atoms with Crippen LogP contribution in [0.5, 0.6) is 28.7 Å². The van der Waals surface area contributed by atoms with E-state index in [0.29, 0.717) is 0 Å². The second-order valence-corrected chi connectivity index (χ2v) is 8.04. The van der Waals surface area contributed by atoms with Gasteiger partial charge in [-0.15, -0.1) is 0 Å². The Kier molecular flexibility index (Phi) is 5.92. The molecule has 0 aliphatic heterocycles. The van der Waals surface area contributed by atoms with Crippen LogP contribution in [0.15, 0.2) is 39.5 Å². The van der Waals surface area contributed by atoms with Gasteiger partial charge in [-0.25, -0.2) is 0 Å². The maximum absolute atomic E-state index is 12.9. The van der Waals surface area contributed by atoms with E-state index in [0.717, 1.165) is 18.2 Å². The number of fused-ring (bicyclic) bond motifs is 1. The van der Waals surface area contributed by atoms with E-state index in [1.165, 1.54) is 26.4 Å². The Balaban J connectivity index is 2.39. The smallest absolute Gasteiger partial charge is 0.446 e. The Morgan fingerprint density at radius 2 is 1.53 bits per heavy atom. The van der Waals surface area contributed by atoms with E-state index < -0.39 is 54.6 Å². The first-order valence-corrected chi connectivity index (χ1v) is 11.0. The van der Waals surface area contributed by atoms with Crippen LogP contribution < -0.4 is 23.3 Å². The van der Waals surface area contributed by atoms with Crippen molar-refractivity contribution in [3.63, 3.8) is 0 Å². The molecule has 0 radical (unpaired) electrons. The van der Waals surface area contributed by atoms with Crippen molar-refractivity contribution in [1.82, 2.24) is 0 Å². The van der Waals surface area contributed by atoms with E-state index in [9.17, 15) is 26.7 Å². The molecule has 0 aliphatic carbocycles. The average Bonchev–Trinajstić information content (AvgIpc) is 2.67. The molecule has 0 amide bonds. The lowest BCUT2D eigenvalue weighted by Crippen LogP contribution is -2.15. The fourth-order valence-corrected chi connectivity index (χ4v) is 3.46. The molecule has 172 valence electrons. The van der Waals surface area contributed by atoms with Gasteiger partial charge in [0.05, 0.1) is 14.2 Å². The second-order valence-electron chi connectivity index (χ2n) is 6.00. The number of methoxy groups -OCH3 is 2. The summed E-state index contributed by atoms with van der Waals surface area (Å²) in [5, 5.41) is 9.66. The standard InChI is InChI=1S/C17H14O13S2/c1-26-9-6-10(18)14-13(7-9)28-16(17(15(14)19)30-32(23,24)25)8-3-4-11(27-2)12(5-8)29-31(20,21)22/h3-7,18H,1-2H3,(H,20,21,22)(H,23,24,25). The molecule has 0 unspecified atom stereocenters. The van der Waals surface area contributed by atoms with Crippen LogP contribution in [0.3, 0.4) is 0 Å². The Labute approximate surface area is 180 Å². The zero-order chi connectivity index (χ0) is 23.8. The highest BCUT2D eigenvalue weighted by Gasteiger charge is 2.26. The third kappa shape index (κ3) is 4.86. The summed E-state index contributed by atoms with van der Waals surface area (Å²) in [5.41, 5.74) is -1.64. The van der Waals surface area contributed by atoms with Crippen LogP contribution in [0.1, 0.15) is 0 Å². The lowest BCUT2D eigenvalue weighted by Gasteiger charge is -2.13. The minimum Gasteiger partial charge on any atom is -0.507 e. The summed E-state index contributed by atoms with van der Waals surface area (Å²) < 4.78 is 87.2. The molecule has 1 aromatic heterocycles. The highest BCUT2D eigenvalue weighted by molar-refractivity contribution is 7.81. The predicted molar refractivity (Wildman–Crippen MR) is 107 cm³/mol. The summed E-state index contributed by atoms with van der Waals surface area (Å²) in [6.45, 7) is 0. The minimum absolute atomic E-state index is 0.0812. The van der Waals surface area contributed by atoms with Crippen molar-refractivity contribution in [3.8, 4) is 40.1 Å². The number of phenols is 1. The lowest BCUT2D eigenvalue weighted by atomic mass is 10.1. The Bertz CT molecular complexity index is 1470. The molecule has 32 heavy (non-hydrogen) atoms. The van der Waals surface area contributed by atoms with E-state index in [-0.39, 0.29) is 22.6 Å². The van der Waals surface area contributed by atoms with Gasteiger partial charge in [-0.1, -0.05) is 0 Å². The van der Waals surface area contributed by atoms with Crippen LogP contribution in [0.25, 0.3) is 22.3 Å². The highest BCUT2D eigenvalue weighted by atomic mass is 32.3. The van der Waals surface area contributed by atoms with Crippen LogP contribution in [0, 0.1) is 0 Å². The summed E-state index contributed by atoms with van der Waals surface area (Å²) in [7, 11) is -7.78. The summed E-state index contributed by atoms with van der Waals surface area (Å²) in [6, 6.07) is 5.54. The fraction of sp³-hybridized carbons (Fsp3) is 0.118. The Hall–Kier alpha value is -3.53. The van der Waals surface area contributed by atoms with E-state index in [4.69, 9.17) is 23.0 Å². The number of hydrogen-bond acceptors (Lipinski definition) is 11. The molecule has 2 aromatic carbocycles. The highest BCUT2D eigenvalue weighted by Crippen LogP contribution is 2.39. The number of hydrogen-bond donors (Lipinski definition) is 3. The Morgan fingerprint density at radius 3 is 2.09 bits per heavy atom. The second kappa shape index (κ2) is 8.19. The van der Waals surface area contributed by atoms with Gasteiger partial charge in [0.25, 0.3) is 0 Å². The van der Waals surface area contributed by atoms with Crippen LogP contribution in [-0.4, -0.2) is 45.3 Å². The monoisotopic (exact) mass is 490 g/mol. The van der Waals surface area contributed by atoms with Gasteiger partial charge >= 0.3 is 20.8 Å². The first kappa shape index (κ1) is 23.1. The third-order valence-corrected chi connectivity index (χ3v) is 4.72. The van der Waals surface area contributed by atoms with Gasteiger partial charge in [-0.05, 0) is 18.2 Å². The molecule has 13 nitrogen and oxygen atoms in total. The minimum atomic E-state index is -5.23. The van der Waals surface area contributed by atoms with E-state index in [2.05, 4.69) is 8.37 Å². The molecule has 0 bridgehead atoms. The molecule has 3 N–H and O–H groups in total. The maximum Gasteiger partial charge on any atom is 0.446 e. The van der Waals surface area contributed by atoms with Crippen LogP contribution in [-0.2, 0) is 20.8 Å². The summed E-state index contributed by atoms with van der Waals surface area (Å²) in [5.74, 6) is -2.92. The van der Waals surface area contributed by atoms with Crippen molar-refractivity contribution < 1.29 is 53.3 Å². The van der Waals surface area contributed by atoms with Crippen LogP contribution >= 0.6 is 0 Å². The van der Waals surface area contributed by atoms with Gasteiger partial charge in [0.15, 0.2) is 17.3 Å². The van der Waals surface area contributed by atoms with E-state index in [1.807, 2.05) is 0 Å². The molecule has 0 fully saturated rings. The SMILES string of the molecule is COc1cc(O)c2c(=O)c(OS(=O)(=O)O)c(-c3ccc(OC)c(OS(=O)(=O)O)c3)oc2c1. The summed E-state index contributed by atoms with van der Waals surface area (Å²) in [4.78, 5) is 12.9. The molecule has 0 saturated heterocycles. The van der Waals surface area contributed by atoms with Crippen molar-refractivity contribution in [1.29, 1.82) is 0 Å². The van der Waals surface area contributed by atoms with Gasteiger partial charge in [-0.2, -0.15) is 16.8 Å². The lowest BCUT2D eigenvalue weighted by molar-refractivity contribution is 0.360. The number of benzene rings is 2.